The van der Waals surface area contributed by atoms with Crippen LogP contribution >= 0.6 is 0 Å². The van der Waals surface area contributed by atoms with E-state index in [2.05, 4.69) is 26.8 Å². The molecule has 0 aromatic rings. The highest BCUT2D eigenvalue weighted by Gasteiger charge is 2.64. The minimum Gasteiger partial charge on any atom is -0.355 e. The quantitative estimate of drug-likeness (QED) is 0.717. The molecule has 0 amide bonds. The van der Waals surface area contributed by atoms with Crippen molar-refractivity contribution >= 4 is 5.78 Å². The van der Waals surface area contributed by atoms with Crippen molar-refractivity contribution in [1.29, 1.82) is 0 Å². The van der Waals surface area contributed by atoms with Crippen LogP contribution in [0.15, 0.2) is 12.2 Å². The number of carbonyl (C=O) groups is 1. The van der Waals surface area contributed by atoms with E-state index in [1.54, 1.807) is 13.2 Å². The Kier molecular flexibility index (Phi) is 2.52. The van der Waals surface area contributed by atoms with E-state index in [-0.39, 0.29) is 34.9 Å². The summed E-state index contributed by atoms with van der Waals surface area (Å²) in [7, 11) is 1.64. The van der Waals surface area contributed by atoms with Crippen LogP contribution in [0.3, 0.4) is 0 Å². The van der Waals surface area contributed by atoms with Crippen molar-refractivity contribution < 1.29 is 14.3 Å². The topological polar surface area (TPSA) is 35.5 Å². The van der Waals surface area contributed by atoms with Crippen LogP contribution in [0.1, 0.15) is 33.6 Å². The van der Waals surface area contributed by atoms with Gasteiger partial charge in [-0.15, -0.1) is 0 Å². The van der Waals surface area contributed by atoms with Crippen molar-refractivity contribution in [1.82, 2.24) is 0 Å². The van der Waals surface area contributed by atoms with Crippen molar-refractivity contribution in [2.24, 2.45) is 22.7 Å². The predicted molar refractivity (Wildman–Crippen MR) is 67.9 cm³/mol. The third kappa shape index (κ3) is 1.35. The Bertz CT molecular complexity index is 412. The average Bonchev–Trinajstić information content (AvgIpc) is 2.59. The third-order valence-electron chi connectivity index (χ3n) is 5.49. The minimum atomic E-state index is -0.367. The monoisotopic (exact) mass is 250 g/mol. The second-order valence-electron chi connectivity index (χ2n) is 6.84. The maximum atomic E-state index is 12.2. The Balaban J connectivity index is 2.11. The van der Waals surface area contributed by atoms with Crippen LogP contribution in [0.5, 0.6) is 0 Å². The van der Waals surface area contributed by atoms with Gasteiger partial charge < -0.3 is 9.47 Å². The van der Waals surface area contributed by atoms with Gasteiger partial charge in [0, 0.05) is 12.5 Å². The fourth-order valence-corrected chi connectivity index (χ4v) is 4.55. The van der Waals surface area contributed by atoms with Crippen LogP contribution in [0.25, 0.3) is 0 Å². The summed E-state index contributed by atoms with van der Waals surface area (Å²) < 4.78 is 11.4. The zero-order valence-corrected chi connectivity index (χ0v) is 11.6. The van der Waals surface area contributed by atoms with Gasteiger partial charge in [-0.1, -0.05) is 26.8 Å². The molecule has 0 bridgehead atoms. The highest BCUT2D eigenvalue weighted by molar-refractivity contribution is 5.94. The first kappa shape index (κ1) is 12.4. The van der Waals surface area contributed by atoms with Gasteiger partial charge in [0.1, 0.15) is 0 Å². The SMILES string of the molecule is CO[C@@H]1O[C@H]2CCC(C)(C)[C@@H]3C=CC(=O)[C@@H]1[C@@]23C. The van der Waals surface area contributed by atoms with Crippen LogP contribution < -0.4 is 0 Å². The highest BCUT2D eigenvalue weighted by atomic mass is 16.7. The van der Waals surface area contributed by atoms with E-state index in [9.17, 15) is 4.79 Å². The molecule has 0 spiro atoms. The number of ketones is 1. The van der Waals surface area contributed by atoms with Gasteiger partial charge in [0.2, 0.25) is 0 Å². The molecular weight excluding hydrogens is 228 g/mol. The Morgan fingerprint density at radius 1 is 1.39 bits per heavy atom. The number of rotatable bonds is 1. The molecule has 0 aromatic carbocycles. The number of hydrogen-bond donors (Lipinski definition) is 0. The van der Waals surface area contributed by atoms with E-state index in [4.69, 9.17) is 9.47 Å². The molecule has 18 heavy (non-hydrogen) atoms. The number of hydrogen-bond acceptors (Lipinski definition) is 3. The molecule has 100 valence electrons. The Morgan fingerprint density at radius 3 is 2.78 bits per heavy atom. The third-order valence-corrected chi connectivity index (χ3v) is 5.49. The summed E-state index contributed by atoms with van der Waals surface area (Å²) in [5.41, 5.74) is 0.126. The van der Waals surface area contributed by atoms with E-state index >= 15 is 0 Å². The molecule has 0 N–H and O–H groups in total. The van der Waals surface area contributed by atoms with E-state index in [0.717, 1.165) is 12.8 Å². The van der Waals surface area contributed by atoms with Crippen LogP contribution in [0.2, 0.25) is 0 Å². The van der Waals surface area contributed by atoms with E-state index in [1.807, 2.05) is 0 Å². The van der Waals surface area contributed by atoms with Gasteiger partial charge in [-0.05, 0) is 30.3 Å². The highest BCUT2D eigenvalue weighted by Crippen LogP contribution is 2.62. The zero-order chi connectivity index (χ0) is 13.1. The van der Waals surface area contributed by atoms with Crippen molar-refractivity contribution in [3.63, 3.8) is 0 Å². The maximum absolute atomic E-state index is 12.2. The van der Waals surface area contributed by atoms with E-state index < -0.39 is 0 Å². The minimum absolute atomic E-state index is 0.103. The lowest BCUT2D eigenvalue weighted by molar-refractivity contribution is -0.146. The summed E-state index contributed by atoms with van der Waals surface area (Å²) in [5.74, 6) is 0.425. The normalized spacial score (nSPS) is 49.2. The van der Waals surface area contributed by atoms with Crippen LogP contribution in [-0.4, -0.2) is 25.3 Å². The Hall–Kier alpha value is -0.670. The van der Waals surface area contributed by atoms with Gasteiger partial charge in [0.25, 0.3) is 0 Å². The molecule has 3 nitrogen and oxygen atoms in total. The number of allylic oxidation sites excluding steroid dienone is 2. The number of ether oxygens (including phenoxy) is 2. The average molecular weight is 250 g/mol. The molecular formula is C15H22O3. The number of carbonyl (C=O) groups excluding carboxylic acids is 1. The van der Waals surface area contributed by atoms with Gasteiger partial charge in [-0.2, -0.15) is 0 Å². The summed E-state index contributed by atoms with van der Waals surface area (Å²) in [5, 5.41) is 0. The lowest BCUT2D eigenvalue weighted by atomic mass is 9.50. The molecule has 1 saturated heterocycles. The molecule has 0 unspecified atom stereocenters. The molecule has 3 aliphatic rings. The molecule has 1 heterocycles. The molecule has 0 radical (unpaired) electrons. The second kappa shape index (κ2) is 3.67. The van der Waals surface area contributed by atoms with Gasteiger partial charge >= 0.3 is 0 Å². The van der Waals surface area contributed by atoms with Crippen molar-refractivity contribution in [3.05, 3.63) is 12.2 Å². The standard InChI is InChI=1S/C15H22O3/c1-14(2)8-7-11-15(3)10(14)6-5-9(16)12(15)13(17-4)18-11/h5-6,10-13H,7-8H2,1-4H3/t10-,11-,12-,13+,15+/m0/s1. The van der Waals surface area contributed by atoms with E-state index in [0.29, 0.717) is 5.92 Å². The van der Waals surface area contributed by atoms with E-state index in [1.165, 1.54) is 0 Å². The Labute approximate surface area is 109 Å². The summed E-state index contributed by atoms with van der Waals surface area (Å²) in [6.45, 7) is 6.82. The summed E-state index contributed by atoms with van der Waals surface area (Å²) in [6, 6.07) is 0. The van der Waals surface area contributed by atoms with Crippen LogP contribution in [0, 0.1) is 22.7 Å². The lowest BCUT2D eigenvalue weighted by Crippen LogP contribution is -2.54. The molecule has 2 fully saturated rings. The van der Waals surface area contributed by atoms with Gasteiger partial charge in [0.15, 0.2) is 12.1 Å². The smallest absolute Gasteiger partial charge is 0.168 e. The van der Waals surface area contributed by atoms with Crippen molar-refractivity contribution in [3.8, 4) is 0 Å². The fourth-order valence-electron chi connectivity index (χ4n) is 4.55. The molecule has 1 saturated carbocycles. The molecule has 2 aliphatic carbocycles. The molecule has 0 aromatic heterocycles. The second-order valence-corrected chi connectivity index (χ2v) is 6.84. The van der Waals surface area contributed by atoms with Gasteiger partial charge in [-0.3, -0.25) is 4.79 Å². The zero-order valence-electron chi connectivity index (χ0n) is 11.6. The first-order chi connectivity index (χ1) is 8.41. The maximum Gasteiger partial charge on any atom is 0.168 e. The van der Waals surface area contributed by atoms with Crippen molar-refractivity contribution in [2.45, 2.75) is 46.0 Å². The van der Waals surface area contributed by atoms with Gasteiger partial charge in [0.05, 0.1) is 12.0 Å². The molecule has 5 atom stereocenters. The van der Waals surface area contributed by atoms with Gasteiger partial charge in [-0.25, -0.2) is 0 Å². The summed E-state index contributed by atoms with van der Waals surface area (Å²) >= 11 is 0. The lowest BCUT2D eigenvalue weighted by Gasteiger charge is -2.53. The predicted octanol–water partition coefficient (Wildman–Crippen LogP) is 2.56. The number of methoxy groups -OCH3 is 1. The summed E-state index contributed by atoms with van der Waals surface area (Å²) in [4.78, 5) is 12.2. The Morgan fingerprint density at radius 2 is 2.11 bits per heavy atom. The molecule has 3 heteroatoms. The summed E-state index contributed by atoms with van der Waals surface area (Å²) in [6.07, 6.45) is 5.82. The molecule has 1 aliphatic heterocycles. The molecule has 3 rings (SSSR count). The fraction of sp³-hybridized carbons (Fsp3) is 0.800. The van der Waals surface area contributed by atoms with Crippen LogP contribution in [0.4, 0.5) is 0 Å². The first-order valence-corrected chi connectivity index (χ1v) is 6.81. The van der Waals surface area contributed by atoms with Crippen LogP contribution in [-0.2, 0) is 14.3 Å². The van der Waals surface area contributed by atoms with Crippen molar-refractivity contribution in [2.75, 3.05) is 7.11 Å². The first-order valence-electron chi connectivity index (χ1n) is 6.81. The largest absolute Gasteiger partial charge is 0.355 e.